The largest absolute Gasteiger partial charge is 0.480 e. The number of nitrogens with zero attached hydrogens (tertiary/aromatic N) is 3. The van der Waals surface area contributed by atoms with Crippen molar-refractivity contribution in [3.8, 4) is 22.5 Å². The molecule has 0 unspecified atom stereocenters. The van der Waals surface area contributed by atoms with Crippen LogP contribution in [0.5, 0.6) is 0 Å². The van der Waals surface area contributed by atoms with Gasteiger partial charge in [0.25, 0.3) is 5.91 Å². The quantitative estimate of drug-likeness (QED) is 0.218. The van der Waals surface area contributed by atoms with Crippen molar-refractivity contribution in [2.45, 2.75) is 70.8 Å². The van der Waals surface area contributed by atoms with Crippen LogP contribution in [0.15, 0.2) is 79.3 Å². The Hall–Kier alpha value is -4.39. The number of carboxylic acids is 1. The summed E-state index contributed by atoms with van der Waals surface area (Å²) in [5, 5.41) is 12.3. The highest BCUT2D eigenvalue weighted by Gasteiger charge is 2.22. The van der Waals surface area contributed by atoms with E-state index in [1.54, 1.807) is 12.1 Å². The van der Waals surface area contributed by atoms with Gasteiger partial charge in [-0.05, 0) is 72.8 Å². The van der Waals surface area contributed by atoms with Gasteiger partial charge >= 0.3 is 5.97 Å². The molecule has 2 heterocycles. The lowest BCUT2D eigenvalue weighted by Crippen LogP contribution is -2.42. The molecule has 4 aromatic rings. The molecule has 1 amide bonds. The summed E-state index contributed by atoms with van der Waals surface area (Å²) >= 11 is 0. The molecule has 42 heavy (non-hydrogen) atoms. The highest BCUT2D eigenvalue weighted by atomic mass is 16.4. The minimum Gasteiger partial charge on any atom is -0.480 e. The van der Waals surface area contributed by atoms with Gasteiger partial charge in [0, 0.05) is 41.8 Å². The molecule has 0 saturated heterocycles. The second-order valence-electron chi connectivity index (χ2n) is 11.2. The van der Waals surface area contributed by atoms with Crippen LogP contribution in [-0.2, 0) is 17.6 Å². The summed E-state index contributed by atoms with van der Waals surface area (Å²) in [6.45, 7) is 4.28. The number of carbonyl (C=O) groups is 2. The Labute approximate surface area is 247 Å². The monoisotopic (exact) mass is 562 g/mol. The van der Waals surface area contributed by atoms with Crippen LogP contribution in [-0.4, -0.2) is 38.0 Å². The number of pyridine rings is 1. The molecule has 1 fully saturated rings. The fraction of sp³-hybridized carbons (Fsp3) is 0.343. The van der Waals surface area contributed by atoms with Gasteiger partial charge in [0.15, 0.2) is 5.82 Å². The first-order valence-electron chi connectivity index (χ1n) is 14.9. The predicted octanol–water partition coefficient (Wildman–Crippen LogP) is 6.88. The SMILES string of the molecule is CCc1ccc(C(=O)N[C@@H](Cc2ccc(-c3ncc(-c4ccc(C5CCC(CC)CC5)cc4)cn3)cc2)C(=O)O)cn1. The van der Waals surface area contributed by atoms with Crippen LogP contribution in [0.1, 0.15) is 79.0 Å². The van der Waals surface area contributed by atoms with Crippen LogP contribution >= 0.6 is 0 Å². The first-order chi connectivity index (χ1) is 20.4. The van der Waals surface area contributed by atoms with Crippen molar-refractivity contribution in [2.75, 3.05) is 0 Å². The molecule has 0 bridgehead atoms. The topological polar surface area (TPSA) is 105 Å². The summed E-state index contributed by atoms with van der Waals surface area (Å²) in [5.74, 6) is 0.605. The van der Waals surface area contributed by atoms with Crippen LogP contribution in [0.2, 0.25) is 0 Å². The molecule has 5 rings (SSSR count). The second-order valence-corrected chi connectivity index (χ2v) is 11.2. The van der Waals surface area contributed by atoms with Gasteiger partial charge in [-0.25, -0.2) is 14.8 Å². The number of aryl methyl sites for hydroxylation is 1. The fourth-order valence-electron chi connectivity index (χ4n) is 5.71. The molecule has 0 radical (unpaired) electrons. The molecule has 0 aliphatic heterocycles. The number of hydrogen-bond donors (Lipinski definition) is 2. The van der Waals surface area contributed by atoms with Gasteiger partial charge in [-0.3, -0.25) is 9.78 Å². The molecular formula is C35H38N4O3. The number of aliphatic carboxylic acids is 1. The molecule has 2 N–H and O–H groups in total. The number of hydrogen-bond acceptors (Lipinski definition) is 5. The average molecular weight is 563 g/mol. The number of carbonyl (C=O) groups excluding carboxylic acids is 1. The molecule has 1 aliphatic rings. The van der Waals surface area contributed by atoms with Crippen molar-refractivity contribution in [1.82, 2.24) is 20.3 Å². The molecule has 0 spiro atoms. The molecule has 1 aliphatic carbocycles. The summed E-state index contributed by atoms with van der Waals surface area (Å²) in [6.07, 6.45) is 12.6. The minimum atomic E-state index is -1.10. The lowest BCUT2D eigenvalue weighted by molar-refractivity contribution is -0.139. The Morgan fingerprint density at radius 3 is 2.05 bits per heavy atom. The van der Waals surface area contributed by atoms with E-state index in [2.05, 4.69) is 51.5 Å². The maximum atomic E-state index is 12.6. The smallest absolute Gasteiger partial charge is 0.326 e. The number of carboxylic acid groups (broad SMARTS) is 1. The van der Waals surface area contributed by atoms with Crippen molar-refractivity contribution >= 4 is 11.9 Å². The van der Waals surface area contributed by atoms with E-state index in [9.17, 15) is 14.7 Å². The van der Waals surface area contributed by atoms with Crippen LogP contribution < -0.4 is 5.32 Å². The summed E-state index contributed by atoms with van der Waals surface area (Å²) < 4.78 is 0. The summed E-state index contributed by atoms with van der Waals surface area (Å²) in [6, 6.07) is 18.7. The van der Waals surface area contributed by atoms with Crippen molar-refractivity contribution in [3.63, 3.8) is 0 Å². The zero-order valence-electron chi connectivity index (χ0n) is 24.3. The zero-order chi connectivity index (χ0) is 29.5. The highest BCUT2D eigenvalue weighted by Crippen LogP contribution is 2.37. The van der Waals surface area contributed by atoms with E-state index < -0.39 is 17.9 Å². The van der Waals surface area contributed by atoms with Crippen molar-refractivity contribution < 1.29 is 14.7 Å². The average Bonchev–Trinajstić information content (AvgIpc) is 3.05. The normalized spacial score (nSPS) is 17.4. The molecule has 1 atom stereocenters. The lowest BCUT2D eigenvalue weighted by Gasteiger charge is -2.28. The van der Waals surface area contributed by atoms with Gasteiger partial charge in [-0.15, -0.1) is 0 Å². The first-order valence-corrected chi connectivity index (χ1v) is 14.9. The summed E-state index contributed by atoms with van der Waals surface area (Å²) in [7, 11) is 0. The van der Waals surface area contributed by atoms with E-state index in [-0.39, 0.29) is 6.42 Å². The number of aromatic nitrogens is 3. The molecule has 216 valence electrons. The molecule has 7 heteroatoms. The molecule has 2 aromatic carbocycles. The third-order valence-corrected chi connectivity index (χ3v) is 8.50. The van der Waals surface area contributed by atoms with E-state index in [1.807, 2.05) is 43.6 Å². The first kappa shape index (κ1) is 29.1. The van der Waals surface area contributed by atoms with Gasteiger partial charge in [-0.1, -0.05) is 68.8 Å². The van der Waals surface area contributed by atoms with E-state index in [4.69, 9.17) is 0 Å². The van der Waals surface area contributed by atoms with Crippen molar-refractivity contribution in [3.05, 3.63) is 102 Å². The number of benzene rings is 2. The molecular weight excluding hydrogens is 524 g/mol. The van der Waals surface area contributed by atoms with Gasteiger partial charge < -0.3 is 10.4 Å². The van der Waals surface area contributed by atoms with Crippen LogP contribution in [0.4, 0.5) is 0 Å². The molecule has 2 aromatic heterocycles. The predicted molar refractivity (Wildman–Crippen MR) is 164 cm³/mol. The van der Waals surface area contributed by atoms with Gasteiger partial charge in [-0.2, -0.15) is 0 Å². The standard InChI is InChI=1S/C35H38N4O3/c1-3-23-5-9-25(10-6-23)26-13-15-27(16-14-26)30-21-37-33(38-22-30)28-11-7-24(8-12-28)19-32(35(41)42)39-34(40)29-17-18-31(4-2)36-20-29/h7-8,11-18,20-23,25,32H,3-6,9-10,19H2,1-2H3,(H,39,40)(H,41,42)/t23?,25?,32-/m0/s1. The molecule has 1 saturated carbocycles. The van der Waals surface area contributed by atoms with Gasteiger partial charge in [0.1, 0.15) is 6.04 Å². The Morgan fingerprint density at radius 2 is 1.48 bits per heavy atom. The third kappa shape index (κ3) is 7.08. The number of amides is 1. The fourth-order valence-corrected chi connectivity index (χ4v) is 5.71. The maximum absolute atomic E-state index is 12.6. The number of nitrogens with one attached hydrogen (secondary N) is 1. The van der Waals surface area contributed by atoms with Crippen LogP contribution in [0, 0.1) is 5.92 Å². The lowest BCUT2D eigenvalue weighted by atomic mass is 9.78. The third-order valence-electron chi connectivity index (χ3n) is 8.50. The van der Waals surface area contributed by atoms with Crippen molar-refractivity contribution in [2.24, 2.45) is 5.92 Å². The van der Waals surface area contributed by atoms with E-state index in [1.165, 1.54) is 43.9 Å². The van der Waals surface area contributed by atoms with E-state index in [0.717, 1.165) is 40.3 Å². The minimum absolute atomic E-state index is 0.150. The van der Waals surface area contributed by atoms with E-state index >= 15 is 0 Å². The Kier molecular flexibility index (Phi) is 9.37. The van der Waals surface area contributed by atoms with Gasteiger partial charge in [0.05, 0.1) is 5.56 Å². The van der Waals surface area contributed by atoms with Crippen LogP contribution in [0.3, 0.4) is 0 Å². The van der Waals surface area contributed by atoms with Crippen molar-refractivity contribution in [1.29, 1.82) is 0 Å². The van der Waals surface area contributed by atoms with Crippen LogP contribution in [0.25, 0.3) is 22.5 Å². The highest BCUT2D eigenvalue weighted by molar-refractivity contribution is 5.96. The number of rotatable bonds is 10. The Bertz CT molecular complexity index is 1480. The summed E-state index contributed by atoms with van der Waals surface area (Å²) in [4.78, 5) is 37.9. The van der Waals surface area contributed by atoms with Gasteiger partial charge in [0.2, 0.25) is 0 Å². The Balaban J connectivity index is 1.19. The molecule has 7 nitrogen and oxygen atoms in total. The second kappa shape index (κ2) is 13.5. The maximum Gasteiger partial charge on any atom is 0.326 e. The Morgan fingerprint density at radius 1 is 0.810 bits per heavy atom. The van der Waals surface area contributed by atoms with E-state index in [0.29, 0.717) is 17.3 Å². The summed E-state index contributed by atoms with van der Waals surface area (Å²) in [5.41, 5.74) is 6.32. The zero-order valence-corrected chi connectivity index (χ0v) is 24.3.